The van der Waals surface area contributed by atoms with Crippen LogP contribution in [0.3, 0.4) is 0 Å². The number of nitrogens with zero attached hydrogens (tertiary/aromatic N) is 3. The molecule has 172 valence electrons. The number of hydrogen-bond acceptors (Lipinski definition) is 7. The van der Waals surface area contributed by atoms with Crippen LogP contribution >= 0.6 is 0 Å². The summed E-state index contributed by atoms with van der Waals surface area (Å²) < 4.78 is 0. The first-order valence-corrected chi connectivity index (χ1v) is 10.7. The molecule has 0 aliphatic rings. The number of rotatable bonds is 9. The number of nitrogens with two attached hydrogens (primary N) is 2. The maximum absolute atomic E-state index is 12.0. The first-order chi connectivity index (χ1) is 15.7. The molecule has 0 aromatic carbocycles. The maximum atomic E-state index is 12.0. The molecular weight excluding hydrogens is 418 g/mol. The highest BCUT2D eigenvalue weighted by atomic mass is 16.1. The molecular formula is C24H29N7O2. The van der Waals surface area contributed by atoms with Crippen LogP contribution in [-0.2, 0) is 4.79 Å². The summed E-state index contributed by atoms with van der Waals surface area (Å²) in [6.45, 7) is 7.90. The molecule has 1 atom stereocenters. The predicted octanol–water partition coefficient (Wildman–Crippen LogP) is 3.31. The molecule has 6 N–H and O–H groups in total. The van der Waals surface area contributed by atoms with E-state index in [1.54, 1.807) is 18.5 Å². The minimum absolute atomic E-state index is 0.0634. The highest BCUT2D eigenvalue weighted by Gasteiger charge is 2.19. The largest absolute Gasteiger partial charge is 0.372 e. The Morgan fingerprint density at radius 2 is 1.88 bits per heavy atom. The van der Waals surface area contributed by atoms with E-state index < -0.39 is 17.9 Å². The van der Waals surface area contributed by atoms with E-state index in [1.807, 2.05) is 45.9 Å². The number of aromatic nitrogens is 3. The molecule has 3 aromatic heterocycles. The Bertz CT molecular complexity index is 1140. The average Bonchev–Trinajstić information content (AvgIpc) is 2.73. The lowest BCUT2D eigenvalue weighted by molar-refractivity contribution is -0.119. The summed E-state index contributed by atoms with van der Waals surface area (Å²) in [5, 5.41) is 6.25. The van der Waals surface area contributed by atoms with E-state index in [4.69, 9.17) is 11.5 Å². The van der Waals surface area contributed by atoms with Crippen molar-refractivity contribution in [3.8, 4) is 11.1 Å². The zero-order valence-electron chi connectivity index (χ0n) is 19.2. The number of anilines is 3. The zero-order chi connectivity index (χ0) is 24.1. The maximum Gasteiger partial charge on any atom is 0.269 e. The van der Waals surface area contributed by atoms with E-state index in [0.717, 1.165) is 22.4 Å². The number of nitrogens with one attached hydrogen (secondary N) is 2. The molecule has 0 spiro atoms. The molecule has 0 aliphatic carbocycles. The summed E-state index contributed by atoms with van der Waals surface area (Å²) >= 11 is 0. The summed E-state index contributed by atoms with van der Waals surface area (Å²) in [6, 6.07) is 6.84. The standard InChI is InChI=1S/C24H29N7O2/c1-13(2)8-19(23(25)32)30-17-10-18(22(24(26)33)28-12-17)31-20-9-14(3)21(15(4)29-20)16-6-5-7-27-11-16/h5-7,9-13,19,30H,8H2,1-4H3,(H2,25,32)(H2,26,33)(H,29,31). The monoisotopic (exact) mass is 447 g/mol. The molecule has 0 saturated carbocycles. The van der Waals surface area contributed by atoms with Gasteiger partial charge in [-0.25, -0.2) is 9.97 Å². The molecule has 3 aromatic rings. The number of primary amides is 2. The van der Waals surface area contributed by atoms with E-state index >= 15 is 0 Å². The molecule has 33 heavy (non-hydrogen) atoms. The summed E-state index contributed by atoms with van der Waals surface area (Å²) in [5.74, 6) is -0.346. The van der Waals surface area contributed by atoms with Crippen LogP contribution in [0.4, 0.5) is 17.2 Å². The van der Waals surface area contributed by atoms with Gasteiger partial charge in [0.15, 0.2) is 5.69 Å². The normalized spacial score (nSPS) is 11.8. The number of amides is 2. The fourth-order valence-corrected chi connectivity index (χ4v) is 3.73. The Balaban J connectivity index is 1.94. The van der Waals surface area contributed by atoms with Crippen molar-refractivity contribution < 1.29 is 9.59 Å². The third-order valence-corrected chi connectivity index (χ3v) is 5.12. The second kappa shape index (κ2) is 10.1. The zero-order valence-corrected chi connectivity index (χ0v) is 19.2. The predicted molar refractivity (Wildman–Crippen MR) is 129 cm³/mol. The van der Waals surface area contributed by atoms with Crippen LogP contribution in [0.5, 0.6) is 0 Å². The van der Waals surface area contributed by atoms with Gasteiger partial charge in [0.1, 0.15) is 11.9 Å². The van der Waals surface area contributed by atoms with Crippen molar-refractivity contribution in [2.75, 3.05) is 10.6 Å². The third kappa shape index (κ3) is 5.82. The molecule has 3 rings (SSSR count). The van der Waals surface area contributed by atoms with Gasteiger partial charge in [-0.05, 0) is 49.9 Å². The lowest BCUT2D eigenvalue weighted by Gasteiger charge is -2.20. The molecule has 0 bridgehead atoms. The molecule has 0 saturated heterocycles. The summed E-state index contributed by atoms with van der Waals surface area (Å²) in [5.41, 5.74) is 15.8. The van der Waals surface area contributed by atoms with Gasteiger partial charge < -0.3 is 22.1 Å². The van der Waals surface area contributed by atoms with Gasteiger partial charge in [0.25, 0.3) is 5.91 Å². The van der Waals surface area contributed by atoms with Gasteiger partial charge in [0.05, 0.1) is 17.6 Å². The highest BCUT2D eigenvalue weighted by Crippen LogP contribution is 2.29. The van der Waals surface area contributed by atoms with Gasteiger partial charge in [0, 0.05) is 29.2 Å². The van der Waals surface area contributed by atoms with Crippen molar-refractivity contribution in [1.29, 1.82) is 0 Å². The van der Waals surface area contributed by atoms with Crippen molar-refractivity contribution >= 4 is 29.0 Å². The van der Waals surface area contributed by atoms with Crippen molar-refractivity contribution in [2.45, 2.75) is 40.2 Å². The van der Waals surface area contributed by atoms with Gasteiger partial charge in [-0.3, -0.25) is 14.6 Å². The Morgan fingerprint density at radius 1 is 1.12 bits per heavy atom. The van der Waals surface area contributed by atoms with Crippen LogP contribution in [0.2, 0.25) is 0 Å². The summed E-state index contributed by atoms with van der Waals surface area (Å²) in [6.07, 6.45) is 5.53. The molecule has 0 radical (unpaired) electrons. The second-order valence-corrected chi connectivity index (χ2v) is 8.36. The minimum atomic E-state index is -0.682. The number of pyridine rings is 3. The molecule has 1 unspecified atom stereocenters. The Kier molecular flexibility index (Phi) is 7.22. The molecule has 2 amide bonds. The Hall–Kier alpha value is -4.01. The van der Waals surface area contributed by atoms with Crippen molar-refractivity contribution in [2.24, 2.45) is 17.4 Å². The van der Waals surface area contributed by atoms with Crippen molar-refractivity contribution in [1.82, 2.24) is 15.0 Å². The fourth-order valence-electron chi connectivity index (χ4n) is 3.73. The van der Waals surface area contributed by atoms with Crippen LogP contribution in [0.15, 0.2) is 42.9 Å². The number of carbonyl (C=O) groups excluding carboxylic acids is 2. The fraction of sp³-hybridized carbons (Fsp3) is 0.292. The van der Waals surface area contributed by atoms with Crippen LogP contribution in [0.1, 0.15) is 42.0 Å². The second-order valence-electron chi connectivity index (χ2n) is 8.36. The van der Waals surface area contributed by atoms with Crippen molar-refractivity contribution in [3.63, 3.8) is 0 Å². The van der Waals surface area contributed by atoms with Gasteiger partial charge in [-0.15, -0.1) is 0 Å². The minimum Gasteiger partial charge on any atom is -0.372 e. The Morgan fingerprint density at radius 3 is 2.45 bits per heavy atom. The smallest absolute Gasteiger partial charge is 0.269 e. The van der Waals surface area contributed by atoms with Crippen LogP contribution in [-0.4, -0.2) is 32.8 Å². The first kappa shape index (κ1) is 23.6. The average molecular weight is 448 g/mol. The molecule has 9 heteroatoms. The van der Waals surface area contributed by atoms with Crippen LogP contribution < -0.4 is 22.1 Å². The number of aryl methyl sites for hydroxylation is 2. The molecule has 0 fully saturated rings. The van der Waals surface area contributed by atoms with Crippen molar-refractivity contribution in [3.05, 3.63) is 59.8 Å². The molecule has 9 nitrogen and oxygen atoms in total. The SMILES string of the molecule is Cc1cc(Nc2cc(NC(CC(C)C)C(N)=O)cnc2C(N)=O)nc(C)c1-c1cccnc1. The molecule has 0 aliphatic heterocycles. The van der Waals surface area contributed by atoms with Gasteiger partial charge in [-0.1, -0.05) is 19.9 Å². The number of carbonyl (C=O) groups is 2. The lowest BCUT2D eigenvalue weighted by atomic mass is 10.0. The lowest BCUT2D eigenvalue weighted by Crippen LogP contribution is -2.36. The first-order valence-electron chi connectivity index (χ1n) is 10.7. The quantitative estimate of drug-likeness (QED) is 0.393. The topological polar surface area (TPSA) is 149 Å². The van der Waals surface area contributed by atoms with Gasteiger partial charge in [-0.2, -0.15) is 0 Å². The third-order valence-electron chi connectivity index (χ3n) is 5.12. The van der Waals surface area contributed by atoms with E-state index in [-0.39, 0.29) is 11.6 Å². The van der Waals surface area contributed by atoms with Gasteiger partial charge >= 0.3 is 0 Å². The van der Waals surface area contributed by atoms with E-state index in [2.05, 4.69) is 25.6 Å². The number of hydrogen-bond donors (Lipinski definition) is 4. The Labute approximate surface area is 193 Å². The van der Waals surface area contributed by atoms with E-state index in [1.165, 1.54) is 6.20 Å². The van der Waals surface area contributed by atoms with Crippen LogP contribution in [0.25, 0.3) is 11.1 Å². The van der Waals surface area contributed by atoms with Crippen LogP contribution in [0, 0.1) is 19.8 Å². The van der Waals surface area contributed by atoms with E-state index in [0.29, 0.717) is 23.6 Å². The molecule has 3 heterocycles. The highest BCUT2D eigenvalue weighted by molar-refractivity contribution is 5.98. The van der Waals surface area contributed by atoms with E-state index in [9.17, 15) is 9.59 Å². The summed E-state index contributed by atoms with van der Waals surface area (Å²) in [4.78, 5) is 36.8. The van der Waals surface area contributed by atoms with Gasteiger partial charge in [0.2, 0.25) is 5.91 Å². The summed E-state index contributed by atoms with van der Waals surface area (Å²) in [7, 11) is 0.